The number of rotatable bonds is 4. The minimum Gasteiger partial charge on any atom is -0.480 e. The second-order valence-electron chi connectivity index (χ2n) is 5.03. The van der Waals surface area contributed by atoms with Gasteiger partial charge in [0, 0.05) is 0 Å². The number of alkyl carbamates (subject to hydrolysis) is 1. The van der Waals surface area contributed by atoms with Crippen molar-refractivity contribution in [2.45, 2.75) is 46.4 Å². The lowest BCUT2D eigenvalue weighted by atomic mass is 10.2. The molecule has 1 aromatic rings. The Labute approximate surface area is 110 Å². The van der Waals surface area contributed by atoms with Gasteiger partial charge < -0.3 is 15.2 Å². The summed E-state index contributed by atoms with van der Waals surface area (Å²) in [6.07, 6.45) is -0.556. The predicted molar refractivity (Wildman–Crippen MR) is 65.5 cm³/mol. The van der Waals surface area contributed by atoms with Crippen molar-refractivity contribution in [3.8, 4) is 0 Å². The van der Waals surface area contributed by atoms with Gasteiger partial charge in [-0.15, -0.1) is 5.10 Å². The van der Waals surface area contributed by atoms with Crippen molar-refractivity contribution in [3.05, 3.63) is 11.4 Å². The fourth-order valence-corrected chi connectivity index (χ4v) is 1.31. The number of carbonyl (C=O) groups excluding carboxylic acids is 1. The van der Waals surface area contributed by atoms with E-state index in [1.807, 2.05) is 0 Å². The number of carboxylic acid groups (broad SMARTS) is 1. The third kappa shape index (κ3) is 4.94. The van der Waals surface area contributed by atoms with Crippen LogP contribution in [0.4, 0.5) is 4.79 Å². The Kier molecular flexibility index (Phi) is 4.47. The molecule has 0 fully saturated rings. The van der Waals surface area contributed by atoms with Gasteiger partial charge in [0.2, 0.25) is 0 Å². The molecule has 2 N–H and O–H groups in total. The van der Waals surface area contributed by atoms with Crippen molar-refractivity contribution >= 4 is 12.1 Å². The highest BCUT2D eigenvalue weighted by atomic mass is 16.6. The first-order chi connectivity index (χ1) is 8.69. The minimum absolute atomic E-state index is 0.139. The Morgan fingerprint density at radius 3 is 2.58 bits per heavy atom. The predicted octanol–water partition coefficient (Wildman–Crippen LogP) is 0.696. The average molecular weight is 270 g/mol. The van der Waals surface area contributed by atoms with Gasteiger partial charge in [0.25, 0.3) is 0 Å². The van der Waals surface area contributed by atoms with E-state index >= 15 is 0 Å². The van der Waals surface area contributed by atoms with E-state index in [0.717, 1.165) is 0 Å². The summed E-state index contributed by atoms with van der Waals surface area (Å²) < 4.78 is 6.33. The Morgan fingerprint density at radius 1 is 1.42 bits per heavy atom. The van der Waals surface area contributed by atoms with Gasteiger partial charge in [0.05, 0.1) is 12.2 Å². The van der Waals surface area contributed by atoms with E-state index in [0.29, 0.717) is 11.4 Å². The van der Waals surface area contributed by atoms with E-state index in [1.54, 1.807) is 27.7 Å². The zero-order chi connectivity index (χ0) is 14.6. The first-order valence-electron chi connectivity index (χ1n) is 5.76. The number of ether oxygens (including phenoxy) is 1. The van der Waals surface area contributed by atoms with Crippen LogP contribution in [0.3, 0.4) is 0 Å². The lowest BCUT2D eigenvalue weighted by Gasteiger charge is -2.19. The highest BCUT2D eigenvalue weighted by Gasteiger charge is 2.17. The van der Waals surface area contributed by atoms with Crippen LogP contribution in [-0.2, 0) is 22.6 Å². The molecule has 0 atom stereocenters. The third-order valence-corrected chi connectivity index (χ3v) is 2.16. The summed E-state index contributed by atoms with van der Waals surface area (Å²) in [5, 5.41) is 18.7. The molecule has 1 heterocycles. The molecule has 0 aliphatic heterocycles. The Balaban J connectivity index is 2.57. The van der Waals surface area contributed by atoms with E-state index in [9.17, 15) is 9.59 Å². The monoisotopic (exact) mass is 270 g/mol. The van der Waals surface area contributed by atoms with E-state index in [4.69, 9.17) is 9.84 Å². The number of aliphatic carboxylic acids is 1. The summed E-state index contributed by atoms with van der Waals surface area (Å²) in [5.41, 5.74) is 0.533. The van der Waals surface area contributed by atoms with Crippen LogP contribution in [0.25, 0.3) is 0 Å². The van der Waals surface area contributed by atoms with Gasteiger partial charge in [-0.1, -0.05) is 5.21 Å². The van der Waals surface area contributed by atoms with E-state index in [-0.39, 0.29) is 13.1 Å². The number of carbonyl (C=O) groups is 2. The van der Waals surface area contributed by atoms with E-state index < -0.39 is 17.7 Å². The van der Waals surface area contributed by atoms with Crippen molar-refractivity contribution < 1.29 is 19.4 Å². The zero-order valence-corrected chi connectivity index (χ0v) is 11.4. The number of nitrogens with one attached hydrogen (secondary N) is 1. The van der Waals surface area contributed by atoms with Gasteiger partial charge in [0.15, 0.2) is 0 Å². The number of carboxylic acids is 1. The molecule has 0 aliphatic rings. The average Bonchev–Trinajstić information content (AvgIpc) is 2.54. The summed E-state index contributed by atoms with van der Waals surface area (Å²) in [6, 6.07) is 0. The van der Waals surface area contributed by atoms with Crippen LogP contribution in [0, 0.1) is 6.92 Å². The molecule has 0 saturated carbocycles. The lowest BCUT2D eigenvalue weighted by Crippen LogP contribution is -2.32. The molecule has 1 amide bonds. The Hall–Kier alpha value is -2.12. The number of amides is 1. The Bertz CT molecular complexity index is 476. The lowest BCUT2D eigenvalue weighted by molar-refractivity contribution is -0.137. The van der Waals surface area contributed by atoms with Crippen molar-refractivity contribution in [3.63, 3.8) is 0 Å². The van der Waals surface area contributed by atoms with Gasteiger partial charge in [-0.3, -0.25) is 4.79 Å². The van der Waals surface area contributed by atoms with Crippen LogP contribution in [-0.4, -0.2) is 37.8 Å². The quantitative estimate of drug-likeness (QED) is 0.834. The molecule has 0 bridgehead atoms. The van der Waals surface area contributed by atoms with Crippen LogP contribution in [0.15, 0.2) is 0 Å². The molecule has 0 radical (unpaired) electrons. The van der Waals surface area contributed by atoms with Gasteiger partial charge in [0.1, 0.15) is 17.8 Å². The molecular weight excluding hydrogens is 252 g/mol. The van der Waals surface area contributed by atoms with Crippen LogP contribution in [0.1, 0.15) is 32.2 Å². The SMILES string of the molecule is Cc1c(CNC(=O)OC(C)(C)C)nnn1CC(=O)O. The molecule has 19 heavy (non-hydrogen) atoms. The summed E-state index contributed by atoms with van der Waals surface area (Å²) >= 11 is 0. The first-order valence-corrected chi connectivity index (χ1v) is 5.76. The number of hydrogen-bond acceptors (Lipinski definition) is 5. The van der Waals surface area contributed by atoms with Gasteiger partial charge in [-0.2, -0.15) is 0 Å². The maximum atomic E-state index is 11.4. The van der Waals surface area contributed by atoms with E-state index in [1.165, 1.54) is 4.68 Å². The molecule has 106 valence electrons. The largest absolute Gasteiger partial charge is 0.480 e. The topological polar surface area (TPSA) is 106 Å². The van der Waals surface area contributed by atoms with Crippen molar-refractivity contribution in [2.24, 2.45) is 0 Å². The molecule has 1 rings (SSSR count). The zero-order valence-electron chi connectivity index (χ0n) is 11.4. The second-order valence-corrected chi connectivity index (χ2v) is 5.03. The van der Waals surface area contributed by atoms with Crippen LogP contribution in [0.2, 0.25) is 0 Å². The molecule has 0 aromatic carbocycles. The number of aromatic nitrogens is 3. The molecule has 0 unspecified atom stereocenters. The minimum atomic E-state index is -1.00. The number of nitrogens with zero attached hydrogens (tertiary/aromatic N) is 3. The normalized spacial score (nSPS) is 11.2. The smallest absolute Gasteiger partial charge is 0.407 e. The summed E-state index contributed by atoms with van der Waals surface area (Å²) in [5.74, 6) is -1.00. The van der Waals surface area contributed by atoms with Gasteiger partial charge in [-0.25, -0.2) is 9.48 Å². The van der Waals surface area contributed by atoms with Gasteiger partial charge >= 0.3 is 12.1 Å². The molecule has 1 aromatic heterocycles. The molecular formula is C11H18N4O4. The Morgan fingerprint density at radius 2 is 2.05 bits per heavy atom. The van der Waals surface area contributed by atoms with Gasteiger partial charge in [-0.05, 0) is 27.7 Å². The standard InChI is InChI=1S/C11H18N4O4/c1-7-8(13-14-15(7)6-9(16)17)5-12-10(18)19-11(2,3)4/h5-6H2,1-4H3,(H,12,18)(H,16,17). The van der Waals surface area contributed by atoms with Crippen molar-refractivity contribution in [1.82, 2.24) is 20.3 Å². The highest BCUT2D eigenvalue weighted by Crippen LogP contribution is 2.07. The third-order valence-electron chi connectivity index (χ3n) is 2.16. The fourth-order valence-electron chi connectivity index (χ4n) is 1.31. The maximum absolute atomic E-state index is 11.4. The summed E-state index contributed by atoms with van der Waals surface area (Å²) in [4.78, 5) is 22.0. The first kappa shape index (κ1) is 14.9. The summed E-state index contributed by atoms with van der Waals surface area (Å²) in [6.45, 7) is 6.86. The maximum Gasteiger partial charge on any atom is 0.407 e. The number of hydrogen-bond donors (Lipinski definition) is 2. The van der Waals surface area contributed by atoms with Crippen LogP contribution >= 0.6 is 0 Å². The fraction of sp³-hybridized carbons (Fsp3) is 0.636. The van der Waals surface area contributed by atoms with Crippen molar-refractivity contribution in [1.29, 1.82) is 0 Å². The molecule has 0 saturated heterocycles. The molecule has 8 nitrogen and oxygen atoms in total. The van der Waals surface area contributed by atoms with Crippen LogP contribution in [0.5, 0.6) is 0 Å². The second kappa shape index (κ2) is 5.68. The van der Waals surface area contributed by atoms with E-state index in [2.05, 4.69) is 15.6 Å². The highest BCUT2D eigenvalue weighted by molar-refractivity contribution is 5.67. The molecule has 0 aliphatic carbocycles. The van der Waals surface area contributed by atoms with Crippen molar-refractivity contribution in [2.75, 3.05) is 0 Å². The van der Waals surface area contributed by atoms with Crippen LogP contribution < -0.4 is 5.32 Å². The molecule has 0 spiro atoms. The molecule has 8 heteroatoms. The summed E-state index contributed by atoms with van der Waals surface area (Å²) in [7, 11) is 0.